The lowest BCUT2D eigenvalue weighted by Gasteiger charge is -2.23. The van der Waals surface area contributed by atoms with Gasteiger partial charge in [-0.1, -0.05) is 13.8 Å². The highest BCUT2D eigenvalue weighted by molar-refractivity contribution is 6.11. The zero-order chi connectivity index (χ0) is 18.1. The maximum Gasteiger partial charge on any atom is 0.146 e. The van der Waals surface area contributed by atoms with Crippen LogP contribution in [0.1, 0.15) is 67.2 Å². The van der Waals surface area contributed by atoms with E-state index in [9.17, 15) is 0 Å². The molecule has 0 saturated carbocycles. The Morgan fingerprint density at radius 1 is 1.35 bits per heavy atom. The van der Waals surface area contributed by atoms with Crippen molar-refractivity contribution in [3.8, 4) is 0 Å². The van der Waals surface area contributed by atoms with Crippen LogP contribution in [0.3, 0.4) is 0 Å². The molecule has 0 amide bonds. The summed E-state index contributed by atoms with van der Waals surface area (Å²) in [5.41, 5.74) is 8.49. The fraction of sp³-hybridized carbons (Fsp3) is 0.409. The number of hydrogen-bond donors (Lipinski definition) is 2. The standard InChI is InChI=1S/C22H27N3O/c1-4-14-8-6-9-15-16(5-2)24-20(22(14)15)12-19-21(26-3)13-18(25-19)17-10-7-11-23-17/h7,10-14,23-24H,4-6,8-9H2,1-3H3/b19-12+. The number of aromatic amines is 2. The van der Waals surface area contributed by atoms with Gasteiger partial charge in [-0.05, 0) is 67.4 Å². The molecule has 1 aliphatic heterocycles. The summed E-state index contributed by atoms with van der Waals surface area (Å²) in [5, 5.41) is 0. The van der Waals surface area contributed by atoms with E-state index in [1.54, 1.807) is 12.7 Å². The van der Waals surface area contributed by atoms with Crippen molar-refractivity contribution in [1.82, 2.24) is 9.97 Å². The van der Waals surface area contributed by atoms with Gasteiger partial charge in [0.25, 0.3) is 0 Å². The summed E-state index contributed by atoms with van der Waals surface area (Å²) in [6.07, 6.45) is 12.1. The second-order valence-corrected chi connectivity index (χ2v) is 7.08. The minimum absolute atomic E-state index is 0.644. The van der Waals surface area contributed by atoms with E-state index in [0.717, 1.165) is 29.3 Å². The van der Waals surface area contributed by atoms with Crippen molar-refractivity contribution < 1.29 is 4.74 Å². The van der Waals surface area contributed by atoms with E-state index >= 15 is 0 Å². The molecule has 1 unspecified atom stereocenters. The van der Waals surface area contributed by atoms with Crippen molar-refractivity contribution in [2.75, 3.05) is 7.11 Å². The minimum atomic E-state index is 0.644. The summed E-state index contributed by atoms with van der Waals surface area (Å²) in [4.78, 5) is 11.7. The molecule has 1 aliphatic carbocycles. The van der Waals surface area contributed by atoms with Gasteiger partial charge in [0.15, 0.2) is 0 Å². The summed E-state index contributed by atoms with van der Waals surface area (Å²) in [5.74, 6) is 1.46. The number of allylic oxidation sites excluding steroid dienone is 1. The van der Waals surface area contributed by atoms with Crippen LogP contribution in [0.5, 0.6) is 0 Å². The minimum Gasteiger partial charge on any atom is -0.494 e. The Bertz CT molecular complexity index is 881. The van der Waals surface area contributed by atoms with Gasteiger partial charge in [0.1, 0.15) is 11.5 Å². The number of ether oxygens (including phenoxy) is 1. The maximum atomic E-state index is 5.61. The third-order valence-corrected chi connectivity index (χ3v) is 5.64. The summed E-state index contributed by atoms with van der Waals surface area (Å²) >= 11 is 0. The summed E-state index contributed by atoms with van der Waals surface area (Å²) in [7, 11) is 1.71. The zero-order valence-corrected chi connectivity index (χ0v) is 15.9. The van der Waals surface area contributed by atoms with Crippen LogP contribution in [-0.2, 0) is 17.6 Å². The van der Waals surface area contributed by atoms with E-state index in [4.69, 9.17) is 9.73 Å². The lowest BCUT2D eigenvalue weighted by molar-refractivity contribution is 0.303. The number of methoxy groups -OCH3 is 1. The number of rotatable bonds is 5. The van der Waals surface area contributed by atoms with Crippen LogP contribution < -0.4 is 0 Å². The number of H-pyrrole nitrogens is 2. The highest BCUT2D eigenvalue weighted by Gasteiger charge is 2.26. The van der Waals surface area contributed by atoms with Crippen LogP contribution in [0.25, 0.3) is 6.08 Å². The fourth-order valence-corrected chi connectivity index (χ4v) is 4.32. The normalized spacial score (nSPS) is 20.9. The van der Waals surface area contributed by atoms with Crippen LogP contribution in [0.2, 0.25) is 0 Å². The van der Waals surface area contributed by atoms with E-state index in [0.29, 0.717) is 5.92 Å². The van der Waals surface area contributed by atoms with Gasteiger partial charge in [0.2, 0.25) is 0 Å². The highest BCUT2D eigenvalue weighted by Crippen LogP contribution is 2.39. The molecule has 0 saturated heterocycles. The molecule has 2 aromatic rings. The first-order valence-electron chi connectivity index (χ1n) is 9.68. The molecule has 0 aromatic carbocycles. The van der Waals surface area contributed by atoms with Gasteiger partial charge in [-0.25, -0.2) is 4.99 Å². The Kier molecular flexibility index (Phi) is 4.58. The van der Waals surface area contributed by atoms with Gasteiger partial charge in [0.05, 0.1) is 18.5 Å². The van der Waals surface area contributed by atoms with Gasteiger partial charge < -0.3 is 14.7 Å². The van der Waals surface area contributed by atoms with Gasteiger partial charge in [-0.2, -0.15) is 0 Å². The Labute approximate surface area is 155 Å². The second-order valence-electron chi connectivity index (χ2n) is 7.08. The molecule has 0 radical (unpaired) electrons. The fourth-order valence-electron chi connectivity index (χ4n) is 4.32. The third kappa shape index (κ3) is 2.83. The summed E-state index contributed by atoms with van der Waals surface area (Å²) in [6.45, 7) is 4.53. The number of nitrogens with one attached hydrogen (secondary N) is 2. The van der Waals surface area contributed by atoms with E-state index in [1.165, 1.54) is 42.6 Å². The van der Waals surface area contributed by atoms with Crippen molar-refractivity contribution in [1.29, 1.82) is 0 Å². The Morgan fingerprint density at radius 2 is 2.23 bits per heavy atom. The van der Waals surface area contributed by atoms with Gasteiger partial charge in [0, 0.05) is 23.7 Å². The monoisotopic (exact) mass is 349 g/mol. The van der Waals surface area contributed by atoms with E-state index in [2.05, 4.69) is 29.9 Å². The predicted octanol–water partition coefficient (Wildman–Crippen LogP) is 5.11. The number of aliphatic imine (C=N–C) groups is 1. The molecular formula is C22H27N3O. The van der Waals surface area contributed by atoms with Crippen molar-refractivity contribution in [2.24, 2.45) is 4.99 Å². The average molecular weight is 349 g/mol. The van der Waals surface area contributed by atoms with Crippen LogP contribution in [-0.4, -0.2) is 22.8 Å². The summed E-state index contributed by atoms with van der Waals surface area (Å²) in [6, 6.07) is 4.02. The quantitative estimate of drug-likeness (QED) is 0.774. The Balaban J connectivity index is 1.79. The molecule has 2 aliphatic rings. The number of hydrogen-bond acceptors (Lipinski definition) is 2. The Morgan fingerprint density at radius 3 is 2.92 bits per heavy atom. The van der Waals surface area contributed by atoms with Crippen LogP contribution in [0.4, 0.5) is 0 Å². The SMILES string of the molecule is CCc1[nH]c(/C=C2/N=C(c3ccc[nH]3)C=C2OC)c2c1CCCC2CC. The molecule has 4 heteroatoms. The largest absolute Gasteiger partial charge is 0.494 e. The molecule has 0 fully saturated rings. The lowest BCUT2D eigenvalue weighted by Crippen LogP contribution is -2.09. The first kappa shape index (κ1) is 17.0. The van der Waals surface area contributed by atoms with Crippen molar-refractivity contribution in [3.63, 3.8) is 0 Å². The van der Waals surface area contributed by atoms with Gasteiger partial charge >= 0.3 is 0 Å². The van der Waals surface area contributed by atoms with E-state index in [1.807, 2.05) is 24.4 Å². The van der Waals surface area contributed by atoms with Gasteiger partial charge in [-0.15, -0.1) is 0 Å². The molecule has 4 rings (SSSR count). The van der Waals surface area contributed by atoms with Gasteiger partial charge in [-0.3, -0.25) is 0 Å². The van der Waals surface area contributed by atoms with Crippen LogP contribution in [0, 0.1) is 0 Å². The number of aromatic nitrogens is 2. The van der Waals surface area contributed by atoms with Crippen LogP contribution >= 0.6 is 0 Å². The first-order valence-corrected chi connectivity index (χ1v) is 9.68. The zero-order valence-electron chi connectivity index (χ0n) is 15.9. The molecule has 4 nitrogen and oxygen atoms in total. The molecule has 0 bridgehead atoms. The average Bonchev–Trinajstić information content (AvgIpc) is 3.40. The third-order valence-electron chi connectivity index (χ3n) is 5.64. The number of nitrogens with zero attached hydrogens (tertiary/aromatic N) is 1. The highest BCUT2D eigenvalue weighted by atomic mass is 16.5. The summed E-state index contributed by atoms with van der Waals surface area (Å²) < 4.78 is 5.61. The van der Waals surface area contributed by atoms with Crippen molar-refractivity contribution >= 4 is 11.8 Å². The Hall–Kier alpha value is -2.49. The van der Waals surface area contributed by atoms with Crippen molar-refractivity contribution in [3.05, 3.63) is 64.1 Å². The van der Waals surface area contributed by atoms with E-state index in [-0.39, 0.29) is 0 Å². The molecule has 26 heavy (non-hydrogen) atoms. The lowest BCUT2D eigenvalue weighted by atomic mass is 9.81. The van der Waals surface area contributed by atoms with E-state index < -0.39 is 0 Å². The molecule has 2 aromatic heterocycles. The maximum absolute atomic E-state index is 5.61. The first-order chi connectivity index (χ1) is 12.7. The molecule has 136 valence electrons. The molecule has 3 heterocycles. The number of aryl methyl sites for hydroxylation is 1. The van der Waals surface area contributed by atoms with Crippen LogP contribution in [0.15, 0.2) is 40.9 Å². The molecular weight excluding hydrogens is 322 g/mol. The van der Waals surface area contributed by atoms with Crippen molar-refractivity contribution in [2.45, 2.75) is 51.9 Å². The second kappa shape index (κ2) is 7.02. The molecule has 2 N–H and O–H groups in total. The molecule has 0 spiro atoms. The smallest absolute Gasteiger partial charge is 0.146 e. The molecule has 1 atom stereocenters. The number of fused-ring (bicyclic) bond motifs is 1. The topological polar surface area (TPSA) is 53.2 Å². The predicted molar refractivity (Wildman–Crippen MR) is 107 cm³/mol.